The minimum Gasteiger partial charge on any atom is -0.398 e. The van der Waals surface area contributed by atoms with Crippen LogP contribution in [-0.4, -0.2) is 38.0 Å². The number of hydrogen-bond donors (Lipinski definition) is 3. The van der Waals surface area contributed by atoms with Crippen LogP contribution in [0.15, 0.2) is 30.0 Å². The minimum atomic E-state index is -0.497. The summed E-state index contributed by atoms with van der Waals surface area (Å²) in [6.45, 7) is 1.61. The van der Waals surface area contributed by atoms with E-state index in [1.807, 2.05) is 20.2 Å². The fourth-order valence-corrected chi connectivity index (χ4v) is 1.80. The minimum absolute atomic E-state index is 0.00204. The molecular weight excluding hydrogens is 302 g/mol. The normalized spacial score (nSPS) is 11.1. The predicted molar refractivity (Wildman–Crippen MR) is 89.4 cm³/mol. The van der Waals surface area contributed by atoms with Crippen molar-refractivity contribution in [2.45, 2.75) is 6.42 Å². The number of hydrogen-bond acceptors (Lipinski definition) is 5. The molecule has 22 heavy (non-hydrogen) atoms. The van der Waals surface area contributed by atoms with Crippen LogP contribution in [0, 0.1) is 11.3 Å². The molecule has 7 heteroatoms. The van der Waals surface area contributed by atoms with E-state index in [1.54, 1.807) is 12.1 Å². The van der Waals surface area contributed by atoms with Crippen LogP contribution in [0.25, 0.3) is 0 Å². The Balaban J connectivity index is 2.57. The van der Waals surface area contributed by atoms with Crippen molar-refractivity contribution < 1.29 is 4.79 Å². The van der Waals surface area contributed by atoms with Crippen LogP contribution < -0.4 is 16.4 Å². The molecule has 0 aliphatic heterocycles. The molecule has 0 atom stereocenters. The molecule has 0 saturated carbocycles. The highest BCUT2D eigenvalue weighted by Gasteiger charge is 2.09. The summed E-state index contributed by atoms with van der Waals surface area (Å²) in [4.78, 5) is 14.1. The molecule has 0 bridgehead atoms. The maximum absolute atomic E-state index is 12.0. The molecule has 118 valence electrons. The average molecular weight is 322 g/mol. The third-order valence-corrected chi connectivity index (χ3v) is 3.12. The lowest BCUT2D eigenvalue weighted by Crippen LogP contribution is -2.20. The average Bonchev–Trinajstić information content (AvgIpc) is 2.46. The zero-order valence-corrected chi connectivity index (χ0v) is 13.4. The van der Waals surface area contributed by atoms with Gasteiger partial charge >= 0.3 is 0 Å². The van der Waals surface area contributed by atoms with Gasteiger partial charge in [-0.15, -0.1) is 0 Å². The first kappa shape index (κ1) is 17.8. The van der Waals surface area contributed by atoms with Crippen LogP contribution in [0.1, 0.15) is 6.42 Å². The summed E-state index contributed by atoms with van der Waals surface area (Å²) in [5.74, 6) is -0.497. The van der Waals surface area contributed by atoms with Gasteiger partial charge in [-0.25, -0.2) is 0 Å². The van der Waals surface area contributed by atoms with Gasteiger partial charge in [0.25, 0.3) is 5.91 Å². The van der Waals surface area contributed by atoms with Gasteiger partial charge in [-0.05, 0) is 45.3 Å². The molecule has 0 aliphatic rings. The number of rotatable bonds is 7. The van der Waals surface area contributed by atoms with Crippen molar-refractivity contribution in [2.75, 3.05) is 38.2 Å². The van der Waals surface area contributed by atoms with Crippen molar-refractivity contribution in [3.05, 3.63) is 35.0 Å². The number of nitrogen functional groups attached to an aromatic ring is 1. The first-order valence-corrected chi connectivity index (χ1v) is 7.16. The smallest absolute Gasteiger partial charge is 0.267 e. The fraction of sp³-hybridized carbons (Fsp3) is 0.333. The summed E-state index contributed by atoms with van der Waals surface area (Å²) in [7, 11) is 3.98. The van der Waals surface area contributed by atoms with E-state index in [1.165, 1.54) is 12.3 Å². The second kappa shape index (κ2) is 8.93. The number of nitrogens with one attached hydrogen (secondary N) is 2. The molecule has 6 nitrogen and oxygen atoms in total. The molecule has 0 radical (unpaired) electrons. The van der Waals surface area contributed by atoms with Gasteiger partial charge in [0.05, 0.1) is 10.7 Å². The summed E-state index contributed by atoms with van der Waals surface area (Å²) in [6, 6.07) is 6.62. The number of nitriles is 1. The number of nitrogens with two attached hydrogens (primary N) is 1. The summed E-state index contributed by atoms with van der Waals surface area (Å²) < 4.78 is 0. The fourth-order valence-electron chi connectivity index (χ4n) is 1.62. The monoisotopic (exact) mass is 321 g/mol. The van der Waals surface area contributed by atoms with E-state index in [9.17, 15) is 4.79 Å². The van der Waals surface area contributed by atoms with Crippen LogP contribution >= 0.6 is 11.6 Å². The van der Waals surface area contributed by atoms with Crippen molar-refractivity contribution in [3.8, 4) is 6.07 Å². The maximum Gasteiger partial charge on any atom is 0.267 e. The van der Waals surface area contributed by atoms with Gasteiger partial charge in [0.1, 0.15) is 11.6 Å². The SMILES string of the molecule is CN(C)CCCN/C=C(/C#N)C(=O)Nc1ccc(N)c(Cl)c1. The number of anilines is 2. The lowest BCUT2D eigenvalue weighted by molar-refractivity contribution is -0.112. The summed E-state index contributed by atoms with van der Waals surface area (Å²) >= 11 is 5.88. The third kappa shape index (κ3) is 6.04. The van der Waals surface area contributed by atoms with Gasteiger partial charge in [0.2, 0.25) is 0 Å². The van der Waals surface area contributed by atoms with Crippen LogP contribution in [0.2, 0.25) is 5.02 Å². The third-order valence-electron chi connectivity index (χ3n) is 2.80. The van der Waals surface area contributed by atoms with Gasteiger partial charge in [0, 0.05) is 18.4 Å². The van der Waals surface area contributed by atoms with Gasteiger partial charge in [-0.2, -0.15) is 5.26 Å². The highest BCUT2D eigenvalue weighted by Crippen LogP contribution is 2.22. The Kier molecular flexibility index (Phi) is 7.23. The lowest BCUT2D eigenvalue weighted by atomic mass is 10.2. The van der Waals surface area contributed by atoms with Gasteiger partial charge in [-0.1, -0.05) is 11.6 Å². The molecule has 0 spiro atoms. The maximum atomic E-state index is 12.0. The quantitative estimate of drug-likeness (QED) is 0.308. The van der Waals surface area contributed by atoms with Crippen molar-refractivity contribution in [2.24, 2.45) is 0 Å². The molecule has 1 aromatic rings. The second-order valence-corrected chi connectivity index (χ2v) is 5.38. The van der Waals surface area contributed by atoms with E-state index in [-0.39, 0.29) is 5.57 Å². The molecule has 0 aromatic heterocycles. The molecule has 1 aromatic carbocycles. The van der Waals surface area contributed by atoms with Crippen LogP contribution in [0.5, 0.6) is 0 Å². The molecule has 0 unspecified atom stereocenters. The first-order chi connectivity index (χ1) is 10.4. The Labute approximate surface area is 135 Å². The number of carbonyl (C=O) groups is 1. The zero-order valence-electron chi connectivity index (χ0n) is 12.7. The van der Waals surface area contributed by atoms with Crippen LogP contribution in [-0.2, 0) is 4.79 Å². The topological polar surface area (TPSA) is 94.2 Å². The van der Waals surface area contributed by atoms with Gasteiger partial charge < -0.3 is 21.3 Å². The van der Waals surface area contributed by atoms with Gasteiger partial charge in [-0.3, -0.25) is 4.79 Å². The van der Waals surface area contributed by atoms with E-state index in [4.69, 9.17) is 22.6 Å². The molecule has 0 fully saturated rings. The molecule has 0 heterocycles. The predicted octanol–water partition coefficient (Wildman–Crippen LogP) is 1.81. The highest BCUT2D eigenvalue weighted by atomic mass is 35.5. The van der Waals surface area contributed by atoms with E-state index in [2.05, 4.69) is 15.5 Å². The summed E-state index contributed by atoms with van der Waals surface area (Å²) in [5, 5.41) is 15.0. The first-order valence-electron chi connectivity index (χ1n) is 6.78. The number of benzene rings is 1. The molecular formula is C15H20ClN5O. The number of halogens is 1. The largest absolute Gasteiger partial charge is 0.398 e. The summed E-state index contributed by atoms with van der Waals surface area (Å²) in [6.07, 6.45) is 2.33. The Morgan fingerprint density at radius 1 is 1.50 bits per heavy atom. The zero-order chi connectivity index (χ0) is 16.5. The standard InChI is InChI=1S/C15H20ClN5O/c1-21(2)7-3-6-19-10-11(9-17)15(22)20-12-4-5-14(18)13(16)8-12/h4-5,8,10,19H,3,6-7,18H2,1-2H3,(H,20,22)/b11-10-. The van der Waals surface area contributed by atoms with Crippen LogP contribution in [0.3, 0.4) is 0 Å². The van der Waals surface area contributed by atoms with E-state index < -0.39 is 5.91 Å². The molecule has 0 aliphatic carbocycles. The number of amides is 1. The number of carbonyl (C=O) groups excluding carboxylic acids is 1. The second-order valence-electron chi connectivity index (χ2n) is 4.97. The Morgan fingerprint density at radius 3 is 2.82 bits per heavy atom. The highest BCUT2D eigenvalue weighted by molar-refractivity contribution is 6.33. The lowest BCUT2D eigenvalue weighted by Gasteiger charge is -2.09. The van der Waals surface area contributed by atoms with Crippen molar-refractivity contribution in [3.63, 3.8) is 0 Å². The molecule has 1 rings (SSSR count). The number of nitrogens with zero attached hydrogens (tertiary/aromatic N) is 2. The molecule has 4 N–H and O–H groups in total. The van der Waals surface area contributed by atoms with Crippen molar-refractivity contribution >= 4 is 28.9 Å². The molecule has 1 amide bonds. The Hall–Kier alpha value is -2.23. The van der Waals surface area contributed by atoms with Gasteiger partial charge in [0.15, 0.2) is 0 Å². The van der Waals surface area contributed by atoms with Crippen molar-refractivity contribution in [1.29, 1.82) is 5.26 Å². The summed E-state index contributed by atoms with van der Waals surface area (Å²) in [5.41, 5.74) is 6.51. The van der Waals surface area contributed by atoms with E-state index in [0.29, 0.717) is 22.9 Å². The Morgan fingerprint density at radius 2 is 2.23 bits per heavy atom. The molecule has 0 saturated heterocycles. The van der Waals surface area contributed by atoms with Crippen LogP contribution in [0.4, 0.5) is 11.4 Å². The Bertz CT molecular complexity index is 592. The van der Waals surface area contributed by atoms with E-state index in [0.717, 1.165) is 13.0 Å². The van der Waals surface area contributed by atoms with Crippen molar-refractivity contribution in [1.82, 2.24) is 10.2 Å². The van der Waals surface area contributed by atoms with E-state index >= 15 is 0 Å².